The standard InChI is InChI=1S/C12H22N2O3S/c1-2-3-8-18(16,17)14-13-12(15)11-9-6-4-5-7-10(9)11/h9-11,14H,2-8H2,1H3,(H,13,15). The number of hydrogen-bond acceptors (Lipinski definition) is 3. The van der Waals surface area contributed by atoms with Crippen molar-refractivity contribution in [2.24, 2.45) is 17.8 Å². The van der Waals surface area contributed by atoms with E-state index in [9.17, 15) is 13.2 Å². The van der Waals surface area contributed by atoms with Crippen molar-refractivity contribution in [3.8, 4) is 0 Å². The minimum absolute atomic E-state index is 0.0429. The molecule has 2 unspecified atom stereocenters. The fourth-order valence-electron chi connectivity index (χ4n) is 2.98. The number of nitrogens with one attached hydrogen (secondary N) is 2. The fourth-order valence-corrected chi connectivity index (χ4v) is 4.00. The van der Waals surface area contributed by atoms with Gasteiger partial charge in [0, 0.05) is 5.92 Å². The number of unbranched alkanes of at least 4 members (excludes halogenated alkanes) is 1. The van der Waals surface area contributed by atoms with Crippen molar-refractivity contribution in [3.05, 3.63) is 0 Å². The quantitative estimate of drug-likeness (QED) is 0.714. The number of hydrogen-bond donors (Lipinski definition) is 2. The van der Waals surface area contributed by atoms with Crippen LogP contribution in [0, 0.1) is 17.8 Å². The van der Waals surface area contributed by atoms with E-state index in [0.29, 0.717) is 18.3 Å². The number of sulfonamides is 1. The summed E-state index contributed by atoms with van der Waals surface area (Å²) in [5, 5.41) is 0. The molecule has 18 heavy (non-hydrogen) atoms. The van der Waals surface area contributed by atoms with E-state index in [1.165, 1.54) is 12.8 Å². The second-order valence-corrected chi connectivity index (χ2v) is 7.24. The van der Waals surface area contributed by atoms with E-state index >= 15 is 0 Å². The van der Waals surface area contributed by atoms with Crippen LogP contribution in [0.4, 0.5) is 0 Å². The van der Waals surface area contributed by atoms with E-state index in [1.807, 2.05) is 6.92 Å². The van der Waals surface area contributed by atoms with Gasteiger partial charge in [-0.05, 0) is 31.1 Å². The molecule has 2 fully saturated rings. The normalized spacial score (nSPS) is 30.6. The monoisotopic (exact) mass is 274 g/mol. The van der Waals surface area contributed by atoms with Gasteiger partial charge in [-0.3, -0.25) is 10.2 Å². The first kappa shape index (κ1) is 13.8. The molecule has 2 aliphatic rings. The summed E-state index contributed by atoms with van der Waals surface area (Å²) < 4.78 is 23.1. The van der Waals surface area contributed by atoms with Gasteiger partial charge >= 0.3 is 0 Å². The van der Waals surface area contributed by atoms with Gasteiger partial charge in [-0.25, -0.2) is 8.42 Å². The van der Waals surface area contributed by atoms with E-state index in [2.05, 4.69) is 10.3 Å². The highest BCUT2D eigenvalue weighted by Gasteiger charge is 2.54. The Bertz CT molecular complexity index is 396. The van der Waals surface area contributed by atoms with E-state index in [-0.39, 0.29) is 17.6 Å². The lowest BCUT2D eigenvalue weighted by Crippen LogP contribution is -2.43. The van der Waals surface area contributed by atoms with Crippen LogP contribution in [-0.4, -0.2) is 20.1 Å². The number of fused-ring (bicyclic) bond motifs is 1. The van der Waals surface area contributed by atoms with E-state index < -0.39 is 10.0 Å². The molecule has 0 aliphatic heterocycles. The van der Waals surface area contributed by atoms with Crippen molar-refractivity contribution < 1.29 is 13.2 Å². The smallest absolute Gasteiger partial charge is 0.238 e. The summed E-state index contributed by atoms with van der Waals surface area (Å²) in [6.45, 7) is 1.93. The van der Waals surface area contributed by atoms with E-state index in [4.69, 9.17) is 0 Å². The lowest BCUT2D eigenvalue weighted by Gasteiger charge is -2.07. The molecular weight excluding hydrogens is 252 g/mol. The van der Waals surface area contributed by atoms with Crippen LogP contribution in [0.5, 0.6) is 0 Å². The number of carbonyl (C=O) groups excluding carboxylic acids is 1. The first-order valence-corrected chi connectivity index (χ1v) is 8.49. The van der Waals surface area contributed by atoms with Gasteiger partial charge in [-0.2, -0.15) is 0 Å². The maximum atomic E-state index is 11.9. The molecule has 2 saturated carbocycles. The summed E-state index contributed by atoms with van der Waals surface area (Å²) >= 11 is 0. The van der Waals surface area contributed by atoms with Crippen molar-refractivity contribution in [2.75, 3.05) is 5.75 Å². The Balaban J connectivity index is 1.75. The molecule has 1 amide bonds. The SMILES string of the molecule is CCCCS(=O)(=O)NNC(=O)C1C2CCCCC21. The third-order valence-corrected chi connectivity index (χ3v) is 5.29. The van der Waals surface area contributed by atoms with E-state index in [1.54, 1.807) is 0 Å². The van der Waals surface area contributed by atoms with Crippen LogP contribution in [0.15, 0.2) is 0 Å². The van der Waals surface area contributed by atoms with Gasteiger partial charge in [0.1, 0.15) is 0 Å². The Kier molecular flexibility index (Phi) is 4.27. The average Bonchev–Trinajstić information content (AvgIpc) is 3.08. The molecule has 2 N–H and O–H groups in total. The molecule has 5 nitrogen and oxygen atoms in total. The summed E-state index contributed by atoms with van der Waals surface area (Å²) in [5.41, 5.74) is 2.37. The van der Waals surface area contributed by atoms with Gasteiger partial charge < -0.3 is 0 Å². The molecule has 0 aromatic heterocycles. The summed E-state index contributed by atoms with van der Waals surface area (Å²) in [7, 11) is -3.36. The minimum Gasteiger partial charge on any atom is -0.278 e. The van der Waals surface area contributed by atoms with Crippen molar-refractivity contribution in [1.82, 2.24) is 10.3 Å². The lowest BCUT2D eigenvalue weighted by atomic mass is 10.0. The van der Waals surface area contributed by atoms with Crippen LogP contribution >= 0.6 is 0 Å². The molecule has 2 atom stereocenters. The van der Waals surface area contributed by atoms with Crippen molar-refractivity contribution in [2.45, 2.75) is 45.4 Å². The fraction of sp³-hybridized carbons (Fsp3) is 0.917. The van der Waals surface area contributed by atoms with Crippen molar-refractivity contribution >= 4 is 15.9 Å². The zero-order valence-corrected chi connectivity index (χ0v) is 11.6. The molecule has 0 radical (unpaired) electrons. The first-order chi connectivity index (χ1) is 8.55. The highest BCUT2D eigenvalue weighted by Crippen LogP contribution is 2.55. The molecule has 2 aliphatic carbocycles. The first-order valence-electron chi connectivity index (χ1n) is 6.84. The third kappa shape index (κ3) is 3.23. The predicted octanol–water partition coefficient (Wildman–Crippen LogP) is 1.17. The summed E-state index contributed by atoms with van der Waals surface area (Å²) in [5.74, 6) is 0.965. The predicted molar refractivity (Wildman–Crippen MR) is 68.9 cm³/mol. The zero-order valence-electron chi connectivity index (χ0n) is 10.8. The largest absolute Gasteiger partial charge is 0.278 e. The van der Waals surface area contributed by atoms with Crippen LogP contribution in [0.3, 0.4) is 0 Å². The zero-order chi connectivity index (χ0) is 13.2. The van der Waals surface area contributed by atoms with Gasteiger partial charge in [0.05, 0.1) is 5.75 Å². The van der Waals surface area contributed by atoms with Gasteiger partial charge in [0.15, 0.2) is 0 Å². The summed E-state index contributed by atoms with van der Waals surface area (Å²) in [6.07, 6.45) is 6.07. The molecule has 0 bridgehead atoms. The maximum Gasteiger partial charge on any atom is 0.238 e. The minimum atomic E-state index is -3.36. The van der Waals surface area contributed by atoms with E-state index in [0.717, 1.165) is 19.3 Å². The maximum absolute atomic E-state index is 11.9. The Morgan fingerprint density at radius 2 is 1.83 bits per heavy atom. The Morgan fingerprint density at radius 3 is 2.39 bits per heavy atom. The molecule has 0 heterocycles. The average molecular weight is 274 g/mol. The highest BCUT2D eigenvalue weighted by molar-refractivity contribution is 7.89. The number of hydrazine groups is 1. The number of carbonyl (C=O) groups is 1. The Hall–Kier alpha value is -0.620. The van der Waals surface area contributed by atoms with Crippen molar-refractivity contribution in [3.63, 3.8) is 0 Å². The molecule has 0 saturated heterocycles. The topological polar surface area (TPSA) is 75.3 Å². The summed E-state index contributed by atoms with van der Waals surface area (Å²) in [6, 6.07) is 0. The second-order valence-electron chi connectivity index (χ2n) is 5.40. The molecular formula is C12H22N2O3S. The molecule has 6 heteroatoms. The number of rotatable bonds is 6. The number of amides is 1. The molecule has 0 aromatic rings. The van der Waals surface area contributed by atoms with Gasteiger partial charge in [0.2, 0.25) is 15.9 Å². The molecule has 0 aromatic carbocycles. The summed E-state index contributed by atoms with van der Waals surface area (Å²) in [4.78, 5) is 14.1. The van der Waals surface area contributed by atoms with Crippen LogP contribution in [-0.2, 0) is 14.8 Å². The molecule has 0 spiro atoms. The third-order valence-electron chi connectivity index (χ3n) is 4.06. The van der Waals surface area contributed by atoms with Gasteiger partial charge in [-0.1, -0.05) is 26.2 Å². The Labute approximate surface area is 109 Å². The van der Waals surface area contributed by atoms with Crippen LogP contribution in [0.25, 0.3) is 0 Å². The van der Waals surface area contributed by atoms with Crippen LogP contribution in [0.1, 0.15) is 45.4 Å². The molecule has 104 valence electrons. The Morgan fingerprint density at radius 1 is 1.22 bits per heavy atom. The van der Waals surface area contributed by atoms with Crippen molar-refractivity contribution in [1.29, 1.82) is 0 Å². The lowest BCUT2D eigenvalue weighted by molar-refractivity contribution is -0.123. The van der Waals surface area contributed by atoms with Gasteiger partial charge in [0.25, 0.3) is 0 Å². The highest BCUT2D eigenvalue weighted by atomic mass is 32.2. The van der Waals surface area contributed by atoms with Crippen LogP contribution < -0.4 is 10.3 Å². The van der Waals surface area contributed by atoms with Gasteiger partial charge in [-0.15, -0.1) is 4.83 Å². The molecule has 2 rings (SSSR count). The second kappa shape index (κ2) is 5.57. The van der Waals surface area contributed by atoms with Crippen LogP contribution in [0.2, 0.25) is 0 Å².